The highest BCUT2D eigenvalue weighted by Crippen LogP contribution is 2.31. The molecule has 1 amide bonds. The maximum absolute atomic E-state index is 11.5. The number of hydrogen-bond acceptors (Lipinski definition) is 3. The van der Waals surface area contributed by atoms with Crippen LogP contribution >= 0.6 is 12.4 Å². The summed E-state index contributed by atoms with van der Waals surface area (Å²) < 4.78 is 0. The Morgan fingerprint density at radius 1 is 1.42 bits per heavy atom. The molecule has 0 aliphatic heterocycles. The Morgan fingerprint density at radius 2 is 2.05 bits per heavy atom. The van der Waals surface area contributed by atoms with E-state index in [0.717, 1.165) is 5.69 Å². The molecule has 0 saturated heterocycles. The minimum absolute atomic E-state index is 0. The number of nitrogens with one attached hydrogen (secondary N) is 2. The summed E-state index contributed by atoms with van der Waals surface area (Å²) in [4.78, 5) is 11.5. The predicted molar refractivity (Wildman–Crippen MR) is 78.6 cm³/mol. The van der Waals surface area contributed by atoms with Gasteiger partial charge in [0.2, 0.25) is 5.91 Å². The van der Waals surface area contributed by atoms with Crippen LogP contribution < -0.4 is 11.1 Å². The third-order valence-corrected chi connectivity index (χ3v) is 3.56. The second kappa shape index (κ2) is 7.50. The lowest BCUT2D eigenvalue weighted by atomic mass is 9.97. The molecule has 1 heterocycles. The molecule has 19 heavy (non-hydrogen) atoms. The SMILES string of the molecule is C[C@@H](N)C(=O)Nc1cc(C2CCCCCC2)[nH]n1.Cl. The fourth-order valence-electron chi connectivity index (χ4n) is 2.44. The van der Waals surface area contributed by atoms with Gasteiger partial charge in [-0.3, -0.25) is 9.89 Å². The predicted octanol–water partition coefficient (Wildman–Crippen LogP) is 2.56. The van der Waals surface area contributed by atoms with Gasteiger partial charge in [-0.15, -0.1) is 12.4 Å². The van der Waals surface area contributed by atoms with Crippen molar-refractivity contribution in [3.8, 4) is 0 Å². The number of halogens is 1. The van der Waals surface area contributed by atoms with Gasteiger partial charge in [0.1, 0.15) is 0 Å². The highest BCUT2D eigenvalue weighted by Gasteiger charge is 2.17. The van der Waals surface area contributed by atoms with Crippen molar-refractivity contribution in [2.75, 3.05) is 5.32 Å². The number of aromatic amines is 1. The zero-order chi connectivity index (χ0) is 13.0. The van der Waals surface area contributed by atoms with Crippen molar-refractivity contribution in [3.05, 3.63) is 11.8 Å². The number of hydrogen-bond donors (Lipinski definition) is 3. The first-order valence-corrected chi connectivity index (χ1v) is 6.78. The van der Waals surface area contributed by atoms with E-state index >= 15 is 0 Å². The second-order valence-corrected chi connectivity index (χ2v) is 5.17. The fraction of sp³-hybridized carbons (Fsp3) is 0.692. The van der Waals surface area contributed by atoms with E-state index in [0.29, 0.717) is 11.7 Å². The number of carbonyl (C=O) groups is 1. The first-order chi connectivity index (χ1) is 8.66. The van der Waals surface area contributed by atoms with Gasteiger partial charge in [-0.05, 0) is 19.8 Å². The summed E-state index contributed by atoms with van der Waals surface area (Å²) in [7, 11) is 0. The molecule has 1 aromatic heterocycles. The zero-order valence-electron chi connectivity index (χ0n) is 11.3. The van der Waals surface area contributed by atoms with Crippen LogP contribution in [0.4, 0.5) is 5.82 Å². The summed E-state index contributed by atoms with van der Waals surface area (Å²) >= 11 is 0. The van der Waals surface area contributed by atoms with E-state index in [9.17, 15) is 4.79 Å². The first kappa shape index (κ1) is 16.0. The lowest BCUT2D eigenvalue weighted by Crippen LogP contribution is -2.32. The van der Waals surface area contributed by atoms with E-state index in [2.05, 4.69) is 15.5 Å². The molecule has 108 valence electrons. The highest BCUT2D eigenvalue weighted by molar-refractivity contribution is 5.93. The first-order valence-electron chi connectivity index (χ1n) is 6.78. The van der Waals surface area contributed by atoms with Crippen molar-refractivity contribution in [3.63, 3.8) is 0 Å². The Bertz CT molecular complexity index is 397. The maximum Gasteiger partial charge on any atom is 0.242 e. The van der Waals surface area contributed by atoms with E-state index in [-0.39, 0.29) is 18.3 Å². The third-order valence-electron chi connectivity index (χ3n) is 3.56. The number of nitrogens with two attached hydrogens (primary N) is 1. The van der Waals surface area contributed by atoms with E-state index in [1.165, 1.54) is 38.5 Å². The standard InChI is InChI=1S/C13H22N4O.ClH/c1-9(14)13(18)15-12-8-11(16-17-12)10-6-4-2-3-5-7-10;/h8-10H,2-7,14H2,1H3,(H2,15,16,17,18);1H/t9-;/m1./s1. The van der Waals surface area contributed by atoms with Crippen LogP contribution in [0.2, 0.25) is 0 Å². The summed E-state index contributed by atoms with van der Waals surface area (Å²) in [5, 5.41) is 9.88. The molecule has 0 unspecified atom stereocenters. The number of nitrogens with zero attached hydrogens (tertiary/aromatic N) is 1. The Hall–Kier alpha value is -1.07. The molecule has 1 aromatic rings. The van der Waals surface area contributed by atoms with Crippen LogP contribution in [0.3, 0.4) is 0 Å². The van der Waals surface area contributed by atoms with Crippen LogP contribution in [0.5, 0.6) is 0 Å². The van der Waals surface area contributed by atoms with Crippen LogP contribution in [-0.2, 0) is 4.79 Å². The van der Waals surface area contributed by atoms with Gasteiger partial charge in [-0.1, -0.05) is 25.7 Å². The number of carbonyl (C=O) groups excluding carboxylic acids is 1. The van der Waals surface area contributed by atoms with Gasteiger partial charge >= 0.3 is 0 Å². The van der Waals surface area contributed by atoms with Gasteiger partial charge in [-0.2, -0.15) is 5.10 Å². The quantitative estimate of drug-likeness (QED) is 0.747. The van der Waals surface area contributed by atoms with Crippen molar-refractivity contribution < 1.29 is 4.79 Å². The van der Waals surface area contributed by atoms with Crippen LogP contribution in [0.15, 0.2) is 6.07 Å². The molecule has 1 fully saturated rings. The average molecular weight is 287 g/mol. The number of rotatable bonds is 3. The molecule has 5 nitrogen and oxygen atoms in total. The Kier molecular flexibility index (Phi) is 6.31. The van der Waals surface area contributed by atoms with E-state index in [1.54, 1.807) is 6.92 Å². The third kappa shape index (κ3) is 4.51. The summed E-state index contributed by atoms with van der Waals surface area (Å²) in [6.07, 6.45) is 7.65. The number of amides is 1. The van der Waals surface area contributed by atoms with Crippen LogP contribution in [-0.4, -0.2) is 22.1 Å². The summed E-state index contributed by atoms with van der Waals surface area (Å²) in [6.45, 7) is 1.66. The van der Waals surface area contributed by atoms with Gasteiger partial charge in [0, 0.05) is 17.7 Å². The molecule has 0 radical (unpaired) electrons. The van der Waals surface area contributed by atoms with Gasteiger partial charge < -0.3 is 11.1 Å². The Morgan fingerprint density at radius 3 is 2.63 bits per heavy atom. The minimum atomic E-state index is -0.511. The fourth-order valence-corrected chi connectivity index (χ4v) is 2.44. The molecule has 1 aliphatic rings. The van der Waals surface area contributed by atoms with Gasteiger partial charge in [0.15, 0.2) is 5.82 Å². The molecular formula is C13H23ClN4O. The Labute approximate surface area is 120 Å². The van der Waals surface area contributed by atoms with Crippen molar-refractivity contribution in [2.24, 2.45) is 5.73 Å². The van der Waals surface area contributed by atoms with Gasteiger partial charge in [0.05, 0.1) is 6.04 Å². The number of anilines is 1. The monoisotopic (exact) mass is 286 g/mol. The molecule has 0 aromatic carbocycles. The van der Waals surface area contributed by atoms with Crippen LogP contribution in [0.25, 0.3) is 0 Å². The van der Waals surface area contributed by atoms with E-state index < -0.39 is 6.04 Å². The molecule has 0 spiro atoms. The Balaban J connectivity index is 0.00000180. The zero-order valence-corrected chi connectivity index (χ0v) is 12.1. The average Bonchev–Trinajstić information content (AvgIpc) is 2.63. The van der Waals surface area contributed by atoms with Gasteiger partial charge in [-0.25, -0.2) is 0 Å². The molecule has 0 bridgehead atoms. The largest absolute Gasteiger partial charge is 0.320 e. The highest BCUT2D eigenvalue weighted by atomic mass is 35.5. The normalized spacial score (nSPS) is 18.2. The van der Waals surface area contributed by atoms with Crippen molar-refractivity contribution in [1.82, 2.24) is 10.2 Å². The summed E-state index contributed by atoms with van der Waals surface area (Å²) in [5.41, 5.74) is 6.64. The lowest BCUT2D eigenvalue weighted by Gasteiger charge is -2.10. The minimum Gasteiger partial charge on any atom is -0.320 e. The van der Waals surface area contributed by atoms with Crippen molar-refractivity contribution in [2.45, 2.75) is 57.4 Å². The molecule has 6 heteroatoms. The van der Waals surface area contributed by atoms with Crippen molar-refractivity contribution in [1.29, 1.82) is 0 Å². The number of H-pyrrole nitrogens is 1. The molecule has 4 N–H and O–H groups in total. The summed E-state index contributed by atoms with van der Waals surface area (Å²) in [6, 6.07) is 1.43. The summed E-state index contributed by atoms with van der Waals surface area (Å²) in [5.74, 6) is 0.936. The van der Waals surface area contributed by atoms with E-state index in [4.69, 9.17) is 5.73 Å². The van der Waals surface area contributed by atoms with Crippen LogP contribution in [0, 0.1) is 0 Å². The second-order valence-electron chi connectivity index (χ2n) is 5.17. The maximum atomic E-state index is 11.5. The lowest BCUT2D eigenvalue weighted by molar-refractivity contribution is -0.117. The topological polar surface area (TPSA) is 83.8 Å². The van der Waals surface area contributed by atoms with Crippen LogP contribution in [0.1, 0.15) is 57.1 Å². The van der Waals surface area contributed by atoms with Crippen molar-refractivity contribution >= 4 is 24.1 Å². The van der Waals surface area contributed by atoms with Gasteiger partial charge in [0.25, 0.3) is 0 Å². The molecule has 1 saturated carbocycles. The number of aromatic nitrogens is 2. The molecular weight excluding hydrogens is 264 g/mol. The molecule has 1 atom stereocenters. The molecule has 2 rings (SSSR count). The van der Waals surface area contributed by atoms with E-state index in [1.807, 2.05) is 6.07 Å². The smallest absolute Gasteiger partial charge is 0.242 e. The molecule has 1 aliphatic carbocycles.